The third-order valence-electron chi connectivity index (χ3n) is 5.17. The molecule has 0 unspecified atom stereocenters. The summed E-state index contributed by atoms with van der Waals surface area (Å²) in [4.78, 5) is 0. The van der Waals surface area contributed by atoms with E-state index in [-0.39, 0.29) is 23.0 Å². The molecule has 0 saturated heterocycles. The molecule has 0 aliphatic carbocycles. The highest BCUT2D eigenvalue weighted by Gasteiger charge is 2.34. The molecule has 0 aromatic heterocycles. The number of hydrogen-bond donors (Lipinski definition) is 2. The van der Waals surface area contributed by atoms with E-state index in [0.717, 1.165) is 24.3 Å². The minimum Gasteiger partial charge on any atom is -0.453 e. The quantitative estimate of drug-likeness (QED) is 0.213. The van der Waals surface area contributed by atoms with Crippen LogP contribution in [0.15, 0.2) is 84.9 Å². The molecule has 186 valence electrons. The second-order valence-electron chi connectivity index (χ2n) is 7.70. The van der Waals surface area contributed by atoms with Gasteiger partial charge in [-0.25, -0.2) is 0 Å². The molecule has 0 amide bonds. The molecule has 0 radical (unpaired) electrons. The highest BCUT2D eigenvalue weighted by Crippen LogP contribution is 2.45. The maximum absolute atomic E-state index is 13.4. The number of hydrogen-bond acceptors (Lipinski definition) is 4. The molecule has 4 nitrogen and oxygen atoms in total. The molecular formula is C26H18F6N2O2. The van der Waals surface area contributed by atoms with Crippen molar-refractivity contribution >= 4 is 11.4 Å². The van der Waals surface area contributed by atoms with Gasteiger partial charge in [0.05, 0.1) is 11.1 Å². The molecule has 0 bridgehead atoms. The molecule has 36 heavy (non-hydrogen) atoms. The molecule has 0 aliphatic rings. The minimum atomic E-state index is -4.72. The van der Waals surface area contributed by atoms with Crippen LogP contribution in [0.25, 0.3) is 11.1 Å². The van der Waals surface area contributed by atoms with E-state index in [1.165, 1.54) is 18.2 Å². The number of nitrogen functional groups attached to an aromatic ring is 2. The van der Waals surface area contributed by atoms with Crippen LogP contribution in [0.4, 0.5) is 37.7 Å². The van der Waals surface area contributed by atoms with Gasteiger partial charge in [0, 0.05) is 16.9 Å². The SMILES string of the molecule is Nc1ccc(Oc2cccc(-c3ccccc3)c2Oc2ccc(N)c(C(F)(F)F)c2)cc1C(F)(F)F. The van der Waals surface area contributed by atoms with E-state index in [4.69, 9.17) is 20.9 Å². The first-order valence-corrected chi connectivity index (χ1v) is 10.4. The lowest BCUT2D eigenvalue weighted by molar-refractivity contribution is -0.137. The van der Waals surface area contributed by atoms with E-state index in [2.05, 4.69) is 0 Å². The van der Waals surface area contributed by atoms with Crippen molar-refractivity contribution in [2.24, 2.45) is 0 Å². The summed E-state index contributed by atoms with van der Waals surface area (Å²) in [6.07, 6.45) is -9.44. The number of rotatable bonds is 5. The van der Waals surface area contributed by atoms with E-state index >= 15 is 0 Å². The van der Waals surface area contributed by atoms with Crippen molar-refractivity contribution < 1.29 is 35.8 Å². The summed E-state index contributed by atoms with van der Waals surface area (Å²) in [6, 6.07) is 19.5. The number of ether oxygens (including phenoxy) is 2. The molecule has 4 rings (SSSR count). The normalized spacial score (nSPS) is 11.8. The first-order valence-electron chi connectivity index (χ1n) is 10.4. The van der Waals surface area contributed by atoms with Crippen LogP contribution in [-0.2, 0) is 12.4 Å². The lowest BCUT2D eigenvalue weighted by Crippen LogP contribution is -2.09. The predicted molar refractivity (Wildman–Crippen MR) is 124 cm³/mol. The minimum absolute atomic E-state index is 0.00743. The summed E-state index contributed by atoms with van der Waals surface area (Å²) < 4.78 is 91.7. The molecule has 0 aliphatic heterocycles. The Hall–Kier alpha value is -4.34. The van der Waals surface area contributed by atoms with Crippen LogP contribution in [0.5, 0.6) is 23.0 Å². The van der Waals surface area contributed by atoms with E-state index in [1.54, 1.807) is 42.5 Å². The molecule has 4 aromatic rings. The van der Waals surface area contributed by atoms with Crippen molar-refractivity contribution in [2.45, 2.75) is 12.4 Å². The number of nitrogens with two attached hydrogens (primary N) is 2. The highest BCUT2D eigenvalue weighted by atomic mass is 19.4. The predicted octanol–water partition coefficient (Wildman–Crippen LogP) is 8.14. The van der Waals surface area contributed by atoms with E-state index < -0.39 is 34.9 Å². The van der Waals surface area contributed by atoms with Crippen LogP contribution >= 0.6 is 0 Å². The lowest BCUT2D eigenvalue weighted by atomic mass is 10.0. The largest absolute Gasteiger partial charge is 0.453 e. The average Bonchev–Trinajstić information content (AvgIpc) is 2.81. The summed E-state index contributed by atoms with van der Waals surface area (Å²) in [6.45, 7) is 0. The van der Waals surface area contributed by atoms with Gasteiger partial charge < -0.3 is 20.9 Å². The third kappa shape index (κ3) is 5.32. The summed E-state index contributed by atoms with van der Waals surface area (Å²) in [5.41, 5.74) is 8.87. The van der Waals surface area contributed by atoms with Crippen LogP contribution in [0.3, 0.4) is 0 Å². The van der Waals surface area contributed by atoms with Crippen molar-refractivity contribution in [3.8, 4) is 34.1 Å². The van der Waals surface area contributed by atoms with Crippen molar-refractivity contribution in [2.75, 3.05) is 11.5 Å². The Kier molecular flexibility index (Phi) is 6.45. The Morgan fingerprint density at radius 2 is 1.08 bits per heavy atom. The number of alkyl halides is 6. The van der Waals surface area contributed by atoms with Gasteiger partial charge in [0.1, 0.15) is 11.5 Å². The molecule has 4 N–H and O–H groups in total. The van der Waals surface area contributed by atoms with E-state index in [1.807, 2.05) is 0 Å². The lowest BCUT2D eigenvalue weighted by Gasteiger charge is -2.18. The van der Waals surface area contributed by atoms with Gasteiger partial charge in [0.15, 0.2) is 11.5 Å². The maximum atomic E-state index is 13.4. The van der Waals surface area contributed by atoms with Crippen LogP contribution in [0.1, 0.15) is 11.1 Å². The Morgan fingerprint density at radius 1 is 0.556 bits per heavy atom. The molecule has 4 aromatic carbocycles. The number of anilines is 2. The van der Waals surface area contributed by atoms with Crippen molar-refractivity contribution in [3.05, 3.63) is 96.1 Å². The molecule has 0 heterocycles. The Balaban J connectivity index is 1.82. The molecule has 10 heteroatoms. The van der Waals surface area contributed by atoms with Crippen LogP contribution in [0, 0.1) is 0 Å². The maximum Gasteiger partial charge on any atom is 0.418 e. The molecule has 0 fully saturated rings. The molecular weight excluding hydrogens is 486 g/mol. The summed E-state index contributed by atoms with van der Waals surface area (Å²) in [5.74, 6) is -0.426. The van der Waals surface area contributed by atoms with Gasteiger partial charge in [-0.15, -0.1) is 0 Å². The van der Waals surface area contributed by atoms with E-state index in [9.17, 15) is 26.3 Å². The molecule has 0 saturated carbocycles. The average molecular weight is 504 g/mol. The zero-order valence-corrected chi connectivity index (χ0v) is 18.3. The number of para-hydroxylation sites is 1. The zero-order chi connectivity index (χ0) is 26.1. The van der Waals surface area contributed by atoms with Gasteiger partial charge in [-0.1, -0.05) is 42.5 Å². The first kappa shape index (κ1) is 24.8. The summed E-state index contributed by atoms with van der Waals surface area (Å²) in [5, 5.41) is 0. The molecule has 0 atom stereocenters. The standard InChI is InChI=1S/C26H18F6N2O2/c27-25(28,29)19-13-16(9-11-21(19)33)35-23-8-4-7-18(15-5-2-1-3-6-15)24(23)36-17-10-12-22(34)20(14-17)26(30,31)32/h1-14H,33-34H2. The second-order valence-corrected chi connectivity index (χ2v) is 7.70. The summed E-state index contributed by atoms with van der Waals surface area (Å²) >= 11 is 0. The topological polar surface area (TPSA) is 70.5 Å². The van der Waals surface area contributed by atoms with Crippen LogP contribution in [-0.4, -0.2) is 0 Å². The summed E-state index contributed by atoms with van der Waals surface area (Å²) in [7, 11) is 0. The van der Waals surface area contributed by atoms with Gasteiger partial charge in [0.2, 0.25) is 0 Å². The van der Waals surface area contributed by atoms with Gasteiger partial charge in [-0.2, -0.15) is 26.3 Å². The van der Waals surface area contributed by atoms with Crippen molar-refractivity contribution in [1.82, 2.24) is 0 Å². The fraction of sp³-hybridized carbons (Fsp3) is 0.0769. The van der Waals surface area contributed by atoms with Crippen LogP contribution in [0.2, 0.25) is 0 Å². The highest BCUT2D eigenvalue weighted by molar-refractivity contribution is 5.75. The van der Waals surface area contributed by atoms with Gasteiger partial charge >= 0.3 is 12.4 Å². The Morgan fingerprint density at radius 3 is 1.61 bits per heavy atom. The van der Waals surface area contributed by atoms with Gasteiger partial charge in [-0.3, -0.25) is 0 Å². The second kappa shape index (κ2) is 9.37. The Labute approximate surface area is 201 Å². The monoisotopic (exact) mass is 504 g/mol. The van der Waals surface area contributed by atoms with Gasteiger partial charge in [0.25, 0.3) is 0 Å². The zero-order valence-electron chi connectivity index (χ0n) is 18.3. The number of halogens is 6. The van der Waals surface area contributed by atoms with Crippen LogP contribution < -0.4 is 20.9 Å². The van der Waals surface area contributed by atoms with E-state index in [0.29, 0.717) is 11.1 Å². The smallest absolute Gasteiger partial charge is 0.418 e. The molecule has 0 spiro atoms. The Bertz CT molecular complexity index is 1390. The fourth-order valence-electron chi connectivity index (χ4n) is 3.48. The number of benzene rings is 4. The van der Waals surface area contributed by atoms with Crippen molar-refractivity contribution in [3.63, 3.8) is 0 Å². The first-order chi connectivity index (χ1) is 16.9. The fourth-order valence-corrected chi connectivity index (χ4v) is 3.48. The van der Waals surface area contributed by atoms with Gasteiger partial charge in [-0.05, 0) is 48.0 Å². The third-order valence-corrected chi connectivity index (χ3v) is 5.17. The van der Waals surface area contributed by atoms with Crippen molar-refractivity contribution in [1.29, 1.82) is 0 Å².